The van der Waals surface area contributed by atoms with Gasteiger partial charge in [-0.3, -0.25) is 9.19 Å². The van der Waals surface area contributed by atoms with Crippen molar-refractivity contribution in [2.24, 2.45) is 0 Å². The molecule has 4 aromatic rings. The van der Waals surface area contributed by atoms with Gasteiger partial charge in [-0.1, -0.05) is 31.5 Å². The molecule has 0 spiro atoms. The lowest BCUT2D eigenvalue weighted by Crippen LogP contribution is -2.27. The summed E-state index contributed by atoms with van der Waals surface area (Å²) >= 11 is 0. The molecule has 1 N–H and O–H groups in total. The minimum Gasteiger partial charge on any atom is -0.388 e. The van der Waals surface area contributed by atoms with Crippen LogP contribution in [0.25, 0.3) is 28.0 Å². The summed E-state index contributed by atoms with van der Waals surface area (Å²) in [6, 6.07) is 14.0. The molecule has 0 unspecified atom stereocenters. The highest BCUT2D eigenvalue weighted by Gasteiger charge is 2.24. The van der Waals surface area contributed by atoms with Crippen molar-refractivity contribution in [2.45, 2.75) is 57.8 Å². The fraction of sp³-hybridized carbons (Fsp3) is 0.385. The second kappa shape index (κ2) is 10.1. The van der Waals surface area contributed by atoms with Gasteiger partial charge in [0, 0.05) is 56.1 Å². The van der Waals surface area contributed by atoms with E-state index in [1.54, 1.807) is 23.1 Å². The van der Waals surface area contributed by atoms with Crippen LogP contribution in [0.1, 0.15) is 58.0 Å². The van der Waals surface area contributed by atoms with E-state index in [2.05, 4.69) is 28.1 Å². The van der Waals surface area contributed by atoms with Crippen LogP contribution in [-0.4, -0.2) is 44.5 Å². The maximum Gasteiger partial charge on any atom is 0.157 e. The Morgan fingerprint density at radius 1 is 1.12 bits per heavy atom. The quantitative estimate of drug-likeness (QED) is 0.392. The van der Waals surface area contributed by atoms with Crippen LogP contribution in [0.5, 0.6) is 0 Å². The average Bonchev–Trinajstić information content (AvgIpc) is 3.26. The highest BCUT2D eigenvalue weighted by molar-refractivity contribution is 7.86. The van der Waals surface area contributed by atoms with Gasteiger partial charge in [-0.2, -0.15) is 5.10 Å². The van der Waals surface area contributed by atoms with Gasteiger partial charge in [-0.05, 0) is 45.4 Å². The maximum absolute atomic E-state index is 12.9. The van der Waals surface area contributed by atoms with Crippen LogP contribution < -0.4 is 0 Å². The molecule has 0 radical (unpaired) electrons. The van der Waals surface area contributed by atoms with Gasteiger partial charge in [0.2, 0.25) is 0 Å². The van der Waals surface area contributed by atoms with E-state index >= 15 is 0 Å². The van der Waals surface area contributed by atoms with Gasteiger partial charge >= 0.3 is 0 Å². The van der Waals surface area contributed by atoms with E-state index in [9.17, 15) is 9.32 Å². The monoisotopic (exact) mass is 477 g/mol. The lowest BCUT2D eigenvalue weighted by Gasteiger charge is -2.23. The molecule has 0 saturated carbocycles. The highest BCUT2D eigenvalue weighted by Crippen LogP contribution is 2.29. The third kappa shape index (κ3) is 5.23. The molecule has 0 aliphatic carbocycles. The number of hydrogen-bond acceptors (Lipinski definition) is 6. The number of rotatable bonds is 8. The molecule has 34 heavy (non-hydrogen) atoms. The average molecular weight is 478 g/mol. The smallest absolute Gasteiger partial charge is 0.157 e. The Bertz CT molecular complexity index is 1310. The first-order valence-electron chi connectivity index (χ1n) is 11.6. The Balaban J connectivity index is 1.70. The third-order valence-electron chi connectivity index (χ3n) is 5.78. The number of pyridine rings is 1. The minimum absolute atomic E-state index is 0.150. The first kappa shape index (κ1) is 24.2. The van der Waals surface area contributed by atoms with Crippen LogP contribution in [-0.2, 0) is 17.4 Å². The zero-order valence-electron chi connectivity index (χ0n) is 20.1. The number of aliphatic hydroxyl groups is 1. The van der Waals surface area contributed by atoms with Crippen LogP contribution in [0, 0.1) is 0 Å². The number of nitrogens with zero attached hydrogens (tertiary/aromatic N) is 5. The van der Waals surface area contributed by atoms with E-state index in [-0.39, 0.29) is 17.3 Å². The Hall–Kier alpha value is -2.97. The zero-order valence-corrected chi connectivity index (χ0v) is 20.9. The standard InChI is InChI=1S/C26H31N5O2S/c1-5-7-20(17-34(33)26(2,3)4)22-9-6-8-21(29-22)18-10-11-19-15-28-31(23(19)14-18)25-12-13-27-24(16-32)30-25/h6,8-15,20,32H,5,7,16-17H2,1-4H3/t20-,34+/m1/s1. The summed E-state index contributed by atoms with van der Waals surface area (Å²) < 4.78 is 14.4. The predicted octanol–water partition coefficient (Wildman–Crippen LogP) is 4.80. The molecule has 178 valence electrons. The molecule has 2 atom stereocenters. The van der Waals surface area contributed by atoms with Gasteiger partial charge in [0.15, 0.2) is 11.6 Å². The van der Waals surface area contributed by atoms with Crippen molar-refractivity contribution < 1.29 is 9.32 Å². The van der Waals surface area contributed by atoms with Crippen molar-refractivity contribution >= 4 is 21.7 Å². The molecule has 3 heterocycles. The molecular weight excluding hydrogens is 446 g/mol. The van der Waals surface area contributed by atoms with Crippen LogP contribution >= 0.6 is 0 Å². The number of aromatic nitrogens is 5. The van der Waals surface area contributed by atoms with Crippen LogP contribution in [0.3, 0.4) is 0 Å². The van der Waals surface area contributed by atoms with Gasteiger partial charge in [-0.25, -0.2) is 14.6 Å². The first-order chi connectivity index (χ1) is 16.3. The lowest BCUT2D eigenvalue weighted by molar-refractivity contribution is 0.271. The summed E-state index contributed by atoms with van der Waals surface area (Å²) in [4.78, 5) is 13.4. The highest BCUT2D eigenvalue weighted by atomic mass is 32.2. The maximum atomic E-state index is 12.9. The van der Waals surface area contributed by atoms with Gasteiger partial charge < -0.3 is 5.11 Å². The molecule has 0 saturated heterocycles. The van der Waals surface area contributed by atoms with Crippen molar-refractivity contribution in [2.75, 3.05) is 5.75 Å². The number of benzene rings is 1. The predicted molar refractivity (Wildman–Crippen MR) is 136 cm³/mol. The molecule has 0 aliphatic heterocycles. The van der Waals surface area contributed by atoms with Crippen LogP contribution in [0.2, 0.25) is 0 Å². The van der Waals surface area contributed by atoms with E-state index in [0.29, 0.717) is 17.4 Å². The molecule has 4 rings (SSSR count). The Morgan fingerprint density at radius 2 is 1.94 bits per heavy atom. The van der Waals surface area contributed by atoms with Crippen LogP contribution in [0.4, 0.5) is 0 Å². The second-order valence-electron chi connectivity index (χ2n) is 9.38. The molecule has 0 aliphatic rings. The normalized spacial score (nSPS) is 13.8. The number of aliphatic hydroxyl groups excluding tert-OH is 1. The molecule has 1 aromatic carbocycles. The number of fused-ring (bicyclic) bond motifs is 1. The number of hydrogen-bond donors (Lipinski definition) is 1. The van der Waals surface area contributed by atoms with Crippen molar-refractivity contribution in [3.05, 3.63) is 66.4 Å². The molecule has 7 nitrogen and oxygen atoms in total. The summed E-state index contributed by atoms with van der Waals surface area (Å²) in [6.07, 6.45) is 5.37. The van der Waals surface area contributed by atoms with Crippen molar-refractivity contribution in [3.63, 3.8) is 0 Å². The van der Waals surface area contributed by atoms with E-state index < -0.39 is 10.8 Å². The molecule has 3 aromatic heterocycles. The van der Waals surface area contributed by atoms with Gasteiger partial charge in [-0.15, -0.1) is 0 Å². The Morgan fingerprint density at radius 3 is 2.68 bits per heavy atom. The van der Waals surface area contributed by atoms with Gasteiger partial charge in [0.25, 0.3) is 0 Å². The van der Waals surface area contributed by atoms with Crippen LogP contribution in [0.15, 0.2) is 54.9 Å². The lowest BCUT2D eigenvalue weighted by atomic mass is 10.00. The van der Waals surface area contributed by atoms with E-state index in [0.717, 1.165) is 40.7 Å². The topological polar surface area (TPSA) is 93.8 Å². The minimum atomic E-state index is -0.942. The SMILES string of the molecule is CCC[C@H](C[S@](=O)C(C)(C)C)c1cccc(-c2ccc3cnn(-c4ccnc(CO)n4)c3c2)n1. The van der Waals surface area contributed by atoms with Crippen molar-refractivity contribution in [3.8, 4) is 17.1 Å². The van der Waals surface area contributed by atoms with Gasteiger partial charge in [0.05, 0.1) is 17.4 Å². The largest absolute Gasteiger partial charge is 0.388 e. The first-order valence-corrected chi connectivity index (χ1v) is 12.9. The Labute approximate surface area is 202 Å². The zero-order chi connectivity index (χ0) is 24.3. The molecule has 8 heteroatoms. The van der Waals surface area contributed by atoms with Gasteiger partial charge in [0.1, 0.15) is 6.61 Å². The summed E-state index contributed by atoms with van der Waals surface area (Å²) in [5.74, 6) is 1.71. The van der Waals surface area contributed by atoms with E-state index in [1.165, 1.54) is 0 Å². The van der Waals surface area contributed by atoms with E-state index in [4.69, 9.17) is 4.98 Å². The summed E-state index contributed by atoms with van der Waals surface area (Å²) in [5.41, 5.74) is 3.72. The molecule has 0 bridgehead atoms. The van der Waals surface area contributed by atoms with E-state index in [1.807, 2.05) is 51.1 Å². The molecule has 0 fully saturated rings. The third-order valence-corrected chi connectivity index (χ3v) is 7.85. The summed E-state index contributed by atoms with van der Waals surface area (Å²) in [7, 11) is -0.942. The molecule has 0 amide bonds. The summed E-state index contributed by atoms with van der Waals surface area (Å²) in [6.45, 7) is 8.00. The summed E-state index contributed by atoms with van der Waals surface area (Å²) in [5, 5.41) is 14.9. The Kier molecular flexibility index (Phi) is 7.19. The van der Waals surface area contributed by atoms with Crippen molar-refractivity contribution in [1.29, 1.82) is 0 Å². The fourth-order valence-electron chi connectivity index (χ4n) is 3.88. The fourth-order valence-corrected chi connectivity index (χ4v) is 5.08. The second-order valence-corrected chi connectivity index (χ2v) is 11.6. The van der Waals surface area contributed by atoms with Crippen molar-refractivity contribution in [1.82, 2.24) is 24.7 Å². The molecular formula is C26H31N5O2S.